The van der Waals surface area contributed by atoms with Crippen molar-refractivity contribution in [1.29, 1.82) is 0 Å². The minimum atomic E-state index is 0.883. The van der Waals surface area contributed by atoms with Gasteiger partial charge in [-0.2, -0.15) is 4.40 Å². The highest BCUT2D eigenvalue weighted by molar-refractivity contribution is 5.74. The van der Waals surface area contributed by atoms with E-state index in [0.29, 0.717) is 0 Å². The first kappa shape index (κ1) is 17.6. The Morgan fingerprint density at radius 3 is 2.48 bits per heavy atom. The summed E-state index contributed by atoms with van der Waals surface area (Å²) in [6.07, 6.45) is 2.24. The van der Waals surface area contributed by atoms with Crippen molar-refractivity contribution < 1.29 is 14.0 Å². The van der Waals surface area contributed by atoms with Crippen LogP contribution in [-0.4, -0.2) is 36.3 Å². The molecule has 0 aliphatic carbocycles. The van der Waals surface area contributed by atoms with E-state index in [1.165, 1.54) is 16.8 Å². The molecule has 5 nitrogen and oxygen atoms in total. The lowest BCUT2D eigenvalue weighted by atomic mass is 10.1. The van der Waals surface area contributed by atoms with Crippen LogP contribution in [-0.2, 0) is 6.54 Å². The number of methoxy groups -OCH3 is 1. The molecule has 0 spiro atoms. The number of para-hydroxylation sites is 2. The van der Waals surface area contributed by atoms with Crippen molar-refractivity contribution in [2.75, 3.05) is 26.7 Å². The molecule has 2 aromatic heterocycles. The fourth-order valence-corrected chi connectivity index (χ4v) is 3.81. The molecule has 0 atom stereocenters. The monoisotopic (exact) mass is 364 g/mol. The van der Waals surface area contributed by atoms with Gasteiger partial charge >= 0.3 is 5.78 Å². The van der Waals surface area contributed by atoms with Crippen LogP contribution in [0.15, 0.2) is 54.7 Å². The maximum absolute atomic E-state index is 5.32. The molecular formula is C22H28N4O+2. The molecule has 140 valence electrons. The highest BCUT2D eigenvalue weighted by Gasteiger charge is 2.23. The molecule has 0 bridgehead atoms. The molecule has 0 fully saturated rings. The van der Waals surface area contributed by atoms with Crippen molar-refractivity contribution in [3.63, 3.8) is 0 Å². The van der Waals surface area contributed by atoms with Gasteiger partial charge in [0.1, 0.15) is 41.8 Å². The summed E-state index contributed by atoms with van der Waals surface area (Å²) in [6.45, 7) is 8.90. The van der Waals surface area contributed by atoms with E-state index in [-0.39, 0.29) is 0 Å². The molecule has 27 heavy (non-hydrogen) atoms. The van der Waals surface area contributed by atoms with Crippen LogP contribution in [0.4, 0.5) is 0 Å². The van der Waals surface area contributed by atoms with Crippen LogP contribution >= 0.6 is 0 Å². The van der Waals surface area contributed by atoms with Crippen LogP contribution in [0, 0.1) is 0 Å². The third kappa shape index (κ3) is 3.19. The average molecular weight is 364 g/mol. The Morgan fingerprint density at radius 1 is 1.04 bits per heavy atom. The van der Waals surface area contributed by atoms with Crippen molar-refractivity contribution in [2.45, 2.75) is 20.4 Å². The van der Waals surface area contributed by atoms with Crippen LogP contribution in [0.2, 0.25) is 0 Å². The predicted octanol–water partition coefficient (Wildman–Crippen LogP) is 2.31. The van der Waals surface area contributed by atoms with E-state index in [0.717, 1.165) is 43.2 Å². The van der Waals surface area contributed by atoms with E-state index in [2.05, 4.69) is 70.4 Å². The quantitative estimate of drug-likeness (QED) is 0.485. The standard InChI is InChI=1S/C22H26N4O/c1-4-24(5-2)14-15-25-21(17-10-12-18(27-3)13-11-17)16-26-20-9-7-6-8-19(20)23-22(25)26/h6-13,16H,4-5,14-15H2,1-3H3/p+2. The van der Waals surface area contributed by atoms with Crippen LogP contribution in [0.3, 0.4) is 0 Å². The fraction of sp³-hybridized carbons (Fsp3) is 0.318. The Bertz CT molecular complexity index is 1040. The first-order chi connectivity index (χ1) is 13.2. The summed E-state index contributed by atoms with van der Waals surface area (Å²) < 4.78 is 10.0. The molecule has 5 heteroatoms. The summed E-state index contributed by atoms with van der Waals surface area (Å²) in [5, 5.41) is 0. The number of hydrogen-bond acceptors (Lipinski definition) is 1. The Hall–Kier alpha value is -2.79. The molecule has 0 amide bonds. The number of H-pyrrole nitrogens is 1. The minimum Gasteiger partial charge on any atom is -0.497 e. The number of fused-ring (bicyclic) bond motifs is 3. The summed E-state index contributed by atoms with van der Waals surface area (Å²) in [6, 6.07) is 16.8. The highest BCUT2D eigenvalue weighted by Crippen LogP contribution is 2.24. The van der Waals surface area contributed by atoms with E-state index < -0.39 is 0 Å². The number of likely N-dealkylation sites (N-methyl/N-ethyl adjacent to an activating group) is 1. The Kier molecular flexibility index (Phi) is 4.86. The van der Waals surface area contributed by atoms with Crippen LogP contribution in [0.1, 0.15) is 13.8 Å². The maximum Gasteiger partial charge on any atom is 0.368 e. The molecule has 2 aromatic carbocycles. The Balaban J connectivity index is 1.83. The molecule has 4 aromatic rings. The van der Waals surface area contributed by atoms with Crippen molar-refractivity contribution in [3.05, 3.63) is 54.7 Å². The lowest BCUT2D eigenvalue weighted by Crippen LogP contribution is -3.11. The number of ether oxygens (including phenoxy) is 1. The van der Waals surface area contributed by atoms with Gasteiger partial charge in [-0.3, -0.25) is 0 Å². The molecule has 0 aliphatic heterocycles. The lowest BCUT2D eigenvalue weighted by molar-refractivity contribution is -0.897. The van der Waals surface area contributed by atoms with Gasteiger partial charge in [-0.25, -0.2) is 9.55 Å². The zero-order valence-corrected chi connectivity index (χ0v) is 16.3. The van der Waals surface area contributed by atoms with Crippen molar-refractivity contribution in [2.24, 2.45) is 0 Å². The van der Waals surface area contributed by atoms with E-state index in [1.54, 1.807) is 12.0 Å². The zero-order chi connectivity index (χ0) is 18.8. The topological polar surface area (TPSA) is 38.5 Å². The molecule has 0 radical (unpaired) electrons. The molecule has 0 saturated heterocycles. The Labute approximate surface area is 159 Å². The number of nitrogens with one attached hydrogen (secondary N) is 2. The number of nitrogens with zero attached hydrogens (tertiary/aromatic N) is 2. The number of aromatic amines is 1. The molecule has 4 rings (SSSR count). The molecule has 0 saturated carbocycles. The van der Waals surface area contributed by atoms with E-state index >= 15 is 0 Å². The lowest BCUT2D eigenvalue weighted by Gasteiger charge is -2.14. The SMILES string of the molecule is CC[NH+](CC)CCn1c(-c2ccc(OC)cc2)c[n+]2c3ccccc3[nH]c12. The fourth-order valence-electron chi connectivity index (χ4n) is 3.81. The minimum absolute atomic E-state index is 0.883. The number of rotatable bonds is 7. The normalized spacial score (nSPS) is 11.7. The number of aromatic nitrogens is 3. The molecular weight excluding hydrogens is 336 g/mol. The van der Waals surface area contributed by atoms with Crippen molar-refractivity contribution >= 4 is 16.8 Å². The second-order valence-electron chi connectivity index (χ2n) is 6.94. The smallest absolute Gasteiger partial charge is 0.368 e. The number of quaternary nitrogens is 1. The second kappa shape index (κ2) is 7.45. The largest absolute Gasteiger partial charge is 0.497 e. The van der Waals surface area contributed by atoms with E-state index in [9.17, 15) is 0 Å². The second-order valence-corrected chi connectivity index (χ2v) is 6.94. The highest BCUT2D eigenvalue weighted by atomic mass is 16.5. The molecule has 2 heterocycles. The third-order valence-corrected chi connectivity index (χ3v) is 5.51. The van der Waals surface area contributed by atoms with Gasteiger partial charge in [-0.05, 0) is 50.2 Å². The van der Waals surface area contributed by atoms with E-state index in [4.69, 9.17) is 4.74 Å². The number of imidazole rings is 2. The van der Waals surface area contributed by atoms with E-state index in [1.807, 2.05) is 12.1 Å². The van der Waals surface area contributed by atoms with Crippen molar-refractivity contribution in [1.82, 2.24) is 9.55 Å². The van der Waals surface area contributed by atoms with Gasteiger partial charge in [0.05, 0.1) is 20.2 Å². The van der Waals surface area contributed by atoms with Gasteiger partial charge in [0.25, 0.3) is 0 Å². The predicted molar refractivity (Wildman–Crippen MR) is 108 cm³/mol. The van der Waals surface area contributed by atoms with Crippen LogP contribution < -0.4 is 14.0 Å². The van der Waals surface area contributed by atoms with Gasteiger partial charge in [0.2, 0.25) is 0 Å². The van der Waals surface area contributed by atoms with Gasteiger partial charge in [0.15, 0.2) is 0 Å². The maximum atomic E-state index is 5.32. The van der Waals surface area contributed by atoms with Gasteiger partial charge in [-0.15, -0.1) is 0 Å². The zero-order valence-electron chi connectivity index (χ0n) is 16.3. The number of benzene rings is 2. The average Bonchev–Trinajstić information content (AvgIpc) is 3.25. The van der Waals surface area contributed by atoms with Gasteiger partial charge in [0, 0.05) is 5.56 Å². The third-order valence-electron chi connectivity index (χ3n) is 5.51. The van der Waals surface area contributed by atoms with Crippen molar-refractivity contribution in [3.8, 4) is 17.0 Å². The summed E-state index contributed by atoms with van der Waals surface area (Å²) >= 11 is 0. The molecule has 2 N–H and O–H groups in total. The Morgan fingerprint density at radius 2 is 1.78 bits per heavy atom. The van der Waals surface area contributed by atoms with Gasteiger partial charge in [-0.1, -0.05) is 12.1 Å². The summed E-state index contributed by atoms with van der Waals surface area (Å²) in [4.78, 5) is 5.22. The van der Waals surface area contributed by atoms with Crippen LogP contribution in [0.25, 0.3) is 28.1 Å². The molecule has 0 aliphatic rings. The van der Waals surface area contributed by atoms with Gasteiger partial charge < -0.3 is 9.64 Å². The summed E-state index contributed by atoms with van der Waals surface area (Å²) in [5.74, 6) is 2.02. The first-order valence-electron chi connectivity index (χ1n) is 9.74. The summed E-state index contributed by atoms with van der Waals surface area (Å²) in [7, 11) is 1.70. The summed E-state index contributed by atoms with van der Waals surface area (Å²) in [5.41, 5.74) is 4.79. The van der Waals surface area contributed by atoms with Crippen LogP contribution in [0.5, 0.6) is 5.75 Å². The first-order valence-corrected chi connectivity index (χ1v) is 9.74. The molecule has 0 unspecified atom stereocenters. The number of hydrogen-bond donors (Lipinski definition) is 2.